The summed E-state index contributed by atoms with van der Waals surface area (Å²) in [5.41, 5.74) is 0. The van der Waals surface area contributed by atoms with E-state index in [4.69, 9.17) is 5.11 Å². The Kier molecular flexibility index (Phi) is 7.73. The third-order valence-electron chi connectivity index (χ3n) is 6.17. The Balaban J connectivity index is 1.78. The van der Waals surface area contributed by atoms with E-state index in [-0.39, 0.29) is 24.4 Å². The maximum absolute atomic E-state index is 12.8. The number of hydrogen-bond donors (Lipinski definition) is 2. The molecule has 5 nitrogen and oxygen atoms in total. The molecule has 144 valence electrons. The first-order valence-corrected chi connectivity index (χ1v) is 10.2. The summed E-state index contributed by atoms with van der Waals surface area (Å²) in [6, 6.07) is 0.509. The zero-order valence-corrected chi connectivity index (χ0v) is 16.2. The highest BCUT2D eigenvalue weighted by molar-refractivity contribution is 5.79. The van der Waals surface area contributed by atoms with Crippen LogP contribution in [0, 0.1) is 17.8 Å². The van der Waals surface area contributed by atoms with E-state index in [1.165, 1.54) is 32.1 Å². The average Bonchev–Trinajstić information content (AvgIpc) is 2.54. The lowest BCUT2D eigenvalue weighted by atomic mass is 9.78. The molecule has 0 aromatic rings. The van der Waals surface area contributed by atoms with Gasteiger partial charge in [-0.15, -0.1) is 0 Å². The van der Waals surface area contributed by atoms with Crippen LogP contribution in [0.4, 0.5) is 0 Å². The standard InChI is InChI=1S/C20H36N2O3/c1-4-22(13-19(23)24)17-11-16(12-17)21-20(25)18(14(2)3)10-15-8-6-5-7-9-15/h14-18H,4-13H2,1-3H3,(H,21,25)(H,23,24). The van der Waals surface area contributed by atoms with Gasteiger partial charge < -0.3 is 10.4 Å². The number of amides is 1. The van der Waals surface area contributed by atoms with Crippen LogP contribution in [0.1, 0.15) is 72.1 Å². The fourth-order valence-corrected chi connectivity index (χ4v) is 4.45. The van der Waals surface area contributed by atoms with Crippen LogP contribution in [0.15, 0.2) is 0 Å². The van der Waals surface area contributed by atoms with Crippen LogP contribution < -0.4 is 5.32 Å². The highest BCUT2D eigenvalue weighted by Crippen LogP contribution is 2.32. The van der Waals surface area contributed by atoms with E-state index in [0.29, 0.717) is 17.9 Å². The quantitative estimate of drug-likeness (QED) is 0.668. The lowest BCUT2D eigenvalue weighted by Crippen LogP contribution is -2.56. The molecule has 0 spiro atoms. The normalized spacial score (nSPS) is 25.6. The summed E-state index contributed by atoms with van der Waals surface area (Å²) in [6.45, 7) is 7.14. The van der Waals surface area contributed by atoms with E-state index in [1.807, 2.05) is 11.8 Å². The van der Waals surface area contributed by atoms with Crippen molar-refractivity contribution in [1.29, 1.82) is 0 Å². The summed E-state index contributed by atoms with van der Waals surface area (Å²) >= 11 is 0. The summed E-state index contributed by atoms with van der Waals surface area (Å²) in [7, 11) is 0. The minimum Gasteiger partial charge on any atom is -0.480 e. The van der Waals surface area contributed by atoms with Gasteiger partial charge in [0.15, 0.2) is 0 Å². The average molecular weight is 353 g/mol. The van der Waals surface area contributed by atoms with E-state index in [2.05, 4.69) is 19.2 Å². The zero-order chi connectivity index (χ0) is 18.4. The molecule has 0 aromatic carbocycles. The van der Waals surface area contributed by atoms with Gasteiger partial charge in [-0.3, -0.25) is 14.5 Å². The van der Waals surface area contributed by atoms with Crippen molar-refractivity contribution in [2.24, 2.45) is 17.8 Å². The minimum atomic E-state index is -0.776. The summed E-state index contributed by atoms with van der Waals surface area (Å²) in [5.74, 6) is 0.639. The lowest BCUT2D eigenvalue weighted by molar-refractivity contribution is -0.140. The number of carboxylic acids is 1. The van der Waals surface area contributed by atoms with Crippen molar-refractivity contribution < 1.29 is 14.7 Å². The van der Waals surface area contributed by atoms with Gasteiger partial charge in [0.05, 0.1) is 6.54 Å². The Morgan fingerprint density at radius 2 is 1.80 bits per heavy atom. The van der Waals surface area contributed by atoms with E-state index in [0.717, 1.165) is 25.8 Å². The molecule has 1 amide bonds. The third-order valence-corrected chi connectivity index (χ3v) is 6.17. The van der Waals surface area contributed by atoms with Crippen LogP contribution in [-0.4, -0.2) is 47.1 Å². The highest BCUT2D eigenvalue weighted by Gasteiger charge is 2.36. The first kappa shape index (κ1) is 20.2. The fraction of sp³-hybridized carbons (Fsp3) is 0.900. The van der Waals surface area contributed by atoms with Gasteiger partial charge in [-0.05, 0) is 37.6 Å². The highest BCUT2D eigenvalue weighted by atomic mass is 16.4. The summed E-state index contributed by atoms with van der Waals surface area (Å²) in [6.07, 6.45) is 9.33. The third kappa shape index (κ3) is 5.98. The summed E-state index contributed by atoms with van der Waals surface area (Å²) < 4.78 is 0. The maximum Gasteiger partial charge on any atom is 0.317 e. The van der Waals surface area contributed by atoms with Crippen LogP contribution in [0.3, 0.4) is 0 Å². The van der Waals surface area contributed by atoms with Crippen molar-refractivity contribution in [3.05, 3.63) is 0 Å². The Bertz CT molecular complexity index is 440. The largest absolute Gasteiger partial charge is 0.480 e. The molecule has 0 bridgehead atoms. The molecule has 0 radical (unpaired) electrons. The SMILES string of the molecule is CCN(CC(=O)O)C1CC(NC(=O)C(CC2CCCCC2)C(C)C)C1. The van der Waals surface area contributed by atoms with Gasteiger partial charge in [-0.25, -0.2) is 0 Å². The second-order valence-corrected chi connectivity index (χ2v) is 8.38. The van der Waals surface area contributed by atoms with Crippen molar-refractivity contribution >= 4 is 11.9 Å². The molecule has 2 N–H and O–H groups in total. The number of nitrogens with zero attached hydrogens (tertiary/aromatic N) is 1. The smallest absolute Gasteiger partial charge is 0.317 e. The Labute approximate surface area is 152 Å². The summed E-state index contributed by atoms with van der Waals surface area (Å²) in [4.78, 5) is 25.7. The van der Waals surface area contributed by atoms with Crippen molar-refractivity contribution in [1.82, 2.24) is 10.2 Å². The van der Waals surface area contributed by atoms with Gasteiger partial charge in [0.1, 0.15) is 0 Å². The molecule has 2 rings (SSSR count). The second kappa shape index (κ2) is 9.56. The van der Waals surface area contributed by atoms with Crippen LogP contribution in [0.5, 0.6) is 0 Å². The van der Waals surface area contributed by atoms with Gasteiger partial charge >= 0.3 is 5.97 Å². The topological polar surface area (TPSA) is 69.6 Å². The van der Waals surface area contributed by atoms with Crippen molar-refractivity contribution in [3.8, 4) is 0 Å². The number of aliphatic carboxylic acids is 1. The van der Waals surface area contributed by atoms with E-state index in [1.54, 1.807) is 0 Å². The second-order valence-electron chi connectivity index (χ2n) is 8.38. The molecule has 0 aromatic heterocycles. The molecule has 2 aliphatic carbocycles. The molecule has 1 atom stereocenters. The molecule has 0 heterocycles. The molecule has 2 fully saturated rings. The number of nitrogens with one attached hydrogen (secondary N) is 1. The van der Waals surface area contributed by atoms with Gasteiger partial charge in [-0.2, -0.15) is 0 Å². The number of hydrogen-bond acceptors (Lipinski definition) is 3. The minimum absolute atomic E-state index is 0.0954. The van der Waals surface area contributed by atoms with Crippen LogP contribution >= 0.6 is 0 Å². The van der Waals surface area contributed by atoms with Gasteiger partial charge in [0.25, 0.3) is 0 Å². The van der Waals surface area contributed by atoms with Gasteiger partial charge in [-0.1, -0.05) is 52.9 Å². The molecule has 5 heteroatoms. The number of carbonyl (C=O) groups is 2. The molecule has 1 unspecified atom stereocenters. The van der Waals surface area contributed by atoms with Crippen molar-refractivity contribution in [2.75, 3.05) is 13.1 Å². The number of carboxylic acid groups (broad SMARTS) is 1. The first-order valence-electron chi connectivity index (χ1n) is 10.2. The number of carbonyl (C=O) groups excluding carboxylic acids is 1. The van der Waals surface area contributed by atoms with Crippen LogP contribution in [-0.2, 0) is 9.59 Å². The monoisotopic (exact) mass is 352 g/mol. The Morgan fingerprint density at radius 3 is 2.32 bits per heavy atom. The molecule has 25 heavy (non-hydrogen) atoms. The van der Waals surface area contributed by atoms with E-state index in [9.17, 15) is 9.59 Å². The molecule has 0 saturated heterocycles. The van der Waals surface area contributed by atoms with Gasteiger partial charge in [0.2, 0.25) is 5.91 Å². The van der Waals surface area contributed by atoms with Crippen LogP contribution in [0.25, 0.3) is 0 Å². The summed E-state index contributed by atoms with van der Waals surface area (Å²) in [5, 5.41) is 12.2. The van der Waals surface area contributed by atoms with E-state index >= 15 is 0 Å². The molecular weight excluding hydrogens is 316 g/mol. The van der Waals surface area contributed by atoms with Crippen LogP contribution in [0.2, 0.25) is 0 Å². The molecule has 2 saturated carbocycles. The number of rotatable bonds is 9. The molecular formula is C20H36N2O3. The van der Waals surface area contributed by atoms with Crippen molar-refractivity contribution in [2.45, 2.75) is 84.2 Å². The van der Waals surface area contributed by atoms with Gasteiger partial charge in [0, 0.05) is 18.0 Å². The molecule has 2 aliphatic rings. The Morgan fingerprint density at radius 1 is 1.16 bits per heavy atom. The zero-order valence-electron chi connectivity index (χ0n) is 16.2. The predicted octanol–water partition coefficient (Wildman–Crippen LogP) is 3.28. The lowest BCUT2D eigenvalue weighted by Gasteiger charge is -2.43. The maximum atomic E-state index is 12.8. The Hall–Kier alpha value is -1.10. The predicted molar refractivity (Wildman–Crippen MR) is 99.4 cm³/mol. The first-order chi connectivity index (χ1) is 11.9. The fourth-order valence-electron chi connectivity index (χ4n) is 4.45. The number of likely N-dealkylation sites (N-methyl/N-ethyl adjacent to an activating group) is 1. The van der Waals surface area contributed by atoms with Crippen molar-refractivity contribution in [3.63, 3.8) is 0 Å². The molecule has 0 aliphatic heterocycles. The van der Waals surface area contributed by atoms with E-state index < -0.39 is 5.97 Å².